The van der Waals surface area contributed by atoms with Crippen molar-refractivity contribution in [2.75, 3.05) is 13.2 Å². The molecule has 0 spiro atoms. The summed E-state index contributed by atoms with van der Waals surface area (Å²) in [5.74, 6) is 0.753. The Kier molecular flexibility index (Phi) is 5.77. The fourth-order valence-corrected chi connectivity index (χ4v) is 1.85. The normalized spacial score (nSPS) is 11.6. The molecule has 0 heterocycles. The molecule has 0 aromatic heterocycles. The lowest BCUT2D eigenvalue weighted by Crippen LogP contribution is -2.31. The molecule has 0 saturated heterocycles. The van der Waals surface area contributed by atoms with Crippen molar-refractivity contribution in [1.29, 1.82) is 5.26 Å². The van der Waals surface area contributed by atoms with Crippen LogP contribution in [0.15, 0.2) is 54.6 Å². The van der Waals surface area contributed by atoms with Gasteiger partial charge in [0.25, 0.3) is 0 Å². The molecule has 0 aliphatic rings. The standard InChI is InChI=1S/C17H18N2O2/c18-10-14-6-8-15(9-7-14)11-19-12-16(20)13-21-17-4-2-1-3-5-17/h1-9,16,19-20H,11-13H2. The van der Waals surface area contributed by atoms with Crippen molar-refractivity contribution >= 4 is 0 Å². The Balaban J connectivity index is 1.67. The minimum Gasteiger partial charge on any atom is -0.491 e. The number of aliphatic hydroxyl groups excluding tert-OH is 1. The maximum Gasteiger partial charge on any atom is 0.119 e. The first kappa shape index (κ1) is 15.0. The average molecular weight is 282 g/mol. The van der Waals surface area contributed by atoms with E-state index < -0.39 is 6.10 Å². The topological polar surface area (TPSA) is 65.3 Å². The summed E-state index contributed by atoms with van der Waals surface area (Å²) in [6, 6.07) is 18.9. The Bertz CT molecular complexity index is 576. The van der Waals surface area contributed by atoms with Crippen molar-refractivity contribution in [3.63, 3.8) is 0 Å². The minimum atomic E-state index is -0.566. The van der Waals surface area contributed by atoms with E-state index in [9.17, 15) is 5.11 Å². The van der Waals surface area contributed by atoms with Crippen LogP contribution in [0.1, 0.15) is 11.1 Å². The van der Waals surface area contributed by atoms with Gasteiger partial charge in [0.15, 0.2) is 0 Å². The molecule has 1 atom stereocenters. The molecule has 0 bridgehead atoms. The van der Waals surface area contributed by atoms with Gasteiger partial charge in [0.05, 0.1) is 11.6 Å². The minimum absolute atomic E-state index is 0.254. The van der Waals surface area contributed by atoms with Gasteiger partial charge in [0.1, 0.15) is 18.5 Å². The lowest BCUT2D eigenvalue weighted by atomic mass is 10.1. The number of nitriles is 1. The van der Waals surface area contributed by atoms with Crippen LogP contribution in [0.25, 0.3) is 0 Å². The van der Waals surface area contributed by atoms with Crippen molar-refractivity contribution in [3.8, 4) is 11.8 Å². The van der Waals surface area contributed by atoms with E-state index in [1.54, 1.807) is 12.1 Å². The zero-order valence-corrected chi connectivity index (χ0v) is 11.7. The number of nitrogens with one attached hydrogen (secondary N) is 1. The van der Waals surface area contributed by atoms with Crippen LogP contribution in [-0.4, -0.2) is 24.4 Å². The van der Waals surface area contributed by atoms with E-state index in [0.29, 0.717) is 18.7 Å². The van der Waals surface area contributed by atoms with Gasteiger partial charge < -0.3 is 15.2 Å². The number of rotatable bonds is 7. The number of ether oxygens (including phenoxy) is 1. The monoisotopic (exact) mass is 282 g/mol. The third-order valence-corrected chi connectivity index (χ3v) is 2.98. The van der Waals surface area contributed by atoms with Gasteiger partial charge >= 0.3 is 0 Å². The molecular formula is C17H18N2O2. The lowest BCUT2D eigenvalue weighted by molar-refractivity contribution is 0.106. The van der Waals surface area contributed by atoms with Gasteiger partial charge in [-0.3, -0.25) is 0 Å². The molecular weight excluding hydrogens is 264 g/mol. The first-order valence-electron chi connectivity index (χ1n) is 6.83. The Morgan fingerprint density at radius 1 is 1.10 bits per heavy atom. The molecule has 0 saturated carbocycles. The summed E-state index contributed by atoms with van der Waals surface area (Å²) >= 11 is 0. The first-order chi connectivity index (χ1) is 10.3. The highest BCUT2D eigenvalue weighted by molar-refractivity contribution is 5.31. The molecule has 2 aromatic carbocycles. The molecule has 0 aliphatic carbocycles. The number of hydrogen-bond donors (Lipinski definition) is 2. The third kappa shape index (κ3) is 5.27. The van der Waals surface area contributed by atoms with Crippen molar-refractivity contribution in [2.45, 2.75) is 12.6 Å². The van der Waals surface area contributed by atoms with Crippen LogP contribution in [0.5, 0.6) is 5.75 Å². The van der Waals surface area contributed by atoms with E-state index in [2.05, 4.69) is 11.4 Å². The summed E-state index contributed by atoms with van der Waals surface area (Å²) in [6.07, 6.45) is -0.566. The van der Waals surface area contributed by atoms with Gasteiger partial charge in [-0.15, -0.1) is 0 Å². The highest BCUT2D eigenvalue weighted by Gasteiger charge is 2.04. The van der Waals surface area contributed by atoms with Gasteiger partial charge in [0.2, 0.25) is 0 Å². The molecule has 0 aliphatic heterocycles. The summed E-state index contributed by atoms with van der Waals surface area (Å²) in [5, 5.41) is 21.7. The second kappa shape index (κ2) is 8.05. The Labute approximate surface area is 124 Å². The van der Waals surface area contributed by atoms with Crippen LogP contribution in [-0.2, 0) is 6.54 Å². The number of benzene rings is 2. The predicted octanol–water partition coefficient (Wildman–Crippen LogP) is 2.09. The highest BCUT2D eigenvalue weighted by atomic mass is 16.5. The van der Waals surface area contributed by atoms with Crippen LogP contribution in [0.3, 0.4) is 0 Å². The molecule has 2 aromatic rings. The Hall–Kier alpha value is -2.35. The smallest absolute Gasteiger partial charge is 0.119 e. The highest BCUT2D eigenvalue weighted by Crippen LogP contribution is 2.08. The van der Waals surface area contributed by atoms with Crippen LogP contribution < -0.4 is 10.1 Å². The van der Waals surface area contributed by atoms with Gasteiger partial charge in [-0.25, -0.2) is 0 Å². The molecule has 108 valence electrons. The van der Waals surface area contributed by atoms with E-state index in [-0.39, 0.29) is 6.61 Å². The van der Waals surface area contributed by atoms with E-state index in [4.69, 9.17) is 10.00 Å². The molecule has 2 rings (SSSR count). The van der Waals surface area contributed by atoms with Gasteiger partial charge in [0, 0.05) is 13.1 Å². The summed E-state index contributed by atoms with van der Waals surface area (Å²) in [4.78, 5) is 0. The van der Waals surface area contributed by atoms with Crippen molar-refractivity contribution in [1.82, 2.24) is 5.32 Å². The largest absolute Gasteiger partial charge is 0.491 e. The summed E-state index contributed by atoms with van der Waals surface area (Å²) in [5.41, 5.74) is 1.72. The number of aliphatic hydroxyl groups is 1. The molecule has 4 heteroatoms. The fraction of sp³-hybridized carbons (Fsp3) is 0.235. The predicted molar refractivity (Wildman–Crippen MR) is 80.8 cm³/mol. The fourth-order valence-electron chi connectivity index (χ4n) is 1.85. The molecule has 0 radical (unpaired) electrons. The van der Waals surface area contributed by atoms with Crippen LogP contribution in [0, 0.1) is 11.3 Å². The zero-order chi connectivity index (χ0) is 14.9. The van der Waals surface area contributed by atoms with Gasteiger partial charge in [-0.05, 0) is 29.8 Å². The summed E-state index contributed by atoms with van der Waals surface area (Å²) in [6.45, 7) is 1.35. The van der Waals surface area contributed by atoms with E-state index >= 15 is 0 Å². The molecule has 0 fully saturated rings. The number of para-hydroxylation sites is 1. The average Bonchev–Trinajstić information content (AvgIpc) is 2.54. The number of hydrogen-bond acceptors (Lipinski definition) is 4. The Morgan fingerprint density at radius 3 is 2.48 bits per heavy atom. The molecule has 21 heavy (non-hydrogen) atoms. The van der Waals surface area contributed by atoms with Crippen molar-refractivity contribution in [3.05, 3.63) is 65.7 Å². The van der Waals surface area contributed by atoms with Crippen LogP contribution in [0.4, 0.5) is 0 Å². The molecule has 1 unspecified atom stereocenters. The van der Waals surface area contributed by atoms with Crippen molar-refractivity contribution < 1.29 is 9.84 Å². The molecule has 4 nitrogen and oxygen atoms in total. The second-order valence-electron chi connectivity index (χ2n) is 4.72. The van der Waals surface area contributed by atoms with Crippen LogP contribution in [0.2, 0.25) is 0 Å². The summed E-state index contributed by atoms with van der Waals surface area (Å²) < 4.78 is 5.47. The number of nitrogens with zero attached hydrogens (tertiary/aromatic N) is 1. The van der Waals surface area contributed by atoms with E-state index in [1.165, 1.54) is 0 Å². The Morgan fingerprint density at radius 2 is 1.81 bits per heavy atom. The van der Waals surface area contributed by atoms with E-state index in [1.807, 2.05) is 42.5 Å². The van der Waals surface area contributed by atoms with Gasteiger partial charge in [-0.1, -0.05) is 30.3 Å². The zero-order valence-electron chi connectivity index (χ0n) is 11.7. The lowest BCUT2D eigenvalue weighted by Gasteiger charge is -2.13. The van der Waals surface area contributed by atoms with Crippen molar-refractivity contribution in [2.24, 2.45) is 0 Å². The molecule has 2 N–H and O–H groups in total. The maximum absolute atomic E-state index is 9.84. The van der Waals surface area contributed by atoms with Crippen LogP contribution >= 0.6 is 0 Å². The first-order valence-corrected chi connectivity index (χ1v) is 6.83. The SMILES string of the molecule is N#Cc1ccc(CNCC(O)COc2ccccc2)cc1. The third-order valence-electron chi connectivity index (χ3n) is 2.98. The quantitative estimate of drug-likeness (QED) is 0.816. The molecule has 0 amide bonds. The van der Waals surface area contributed by atoms with E-state index in [0.717, 1.165) is 11.3 Å². The maximum atomic E-state index is 9.84. The van der Waals surface area contributed by atoms with Gasteiger partial charge in [-0.2, -0.15) is 5.26 Å². The second-order valence-corrected chi connectivity index (χ2v) is 4.72. The summed E-state index contributed by atoms with van der Waals surface area (Å²) in [7, 11) is 0.